The molecule has 130 valence electrons. The molecule has 1 amide bonds. The largest absolute Gasteiger partial charge is 0.376 e. The van der Waals surface area contributed by atoms with Gasteiger partial charge in [0.2, 0.25) is 5.91 Å². The summed E-state index contributed by atoms with van der Waals surface area (Å²) >= 11 is 3.09. The second-order valence-electron chi connectivity index (χ2n) is 5.67. The normalized spacial score (nSPS) is 18.7. The summed E-state index contributed by atoms with van der Waals surface area (Å²) < 4.78 is 7.59. The molecule has 3 heterocycles. The van der Waals surface area contributed by atoms with Crippen molar-refractivity contribution in [3.8, 4) is 10.7 Å². The van der Waals surface area contributed by atoms with E-state index >= 15 is 0 Å². The van der Waals surface area contributed by atoms with Gasteiger partial charge in [0.05, 0.1) is 16.2 Å². The van der Waals surface area contributed by atoms with Gasteiger partial charge in [-0.1, -0.05) is 17.8 Å². The van der Waals surface area contributed by atoms with Crippen LogP contribution in [0.2, 0.25) is 0 Å². The number of aromatic nitrogens is 3. The zero-order chi connectivity index (χ0) is 16.9. The summed E-state index contributed by atoms with van der Waals surface area (Å²) in [6, 6.07) is 4.04. The maximum atomic E-state index is 12.3. The minimum absolute atomic E-state index is 0.0128. The fraction of sp³-hybridized carbons (Fsp3) is 0.562. The maximum absolute atomic E-state index is 12.3. The molecule has 2 aromatic rings. The summed E-state index contributed by atoms with van der Waals surface area (Å²) in [5.41, 5.74) is 0. The van der Waals surface area contributed by atoms with E-state index in [0.717, 1.165) is 41.9 Å². The maximum Gasteiger partial charge on any atom is 0.233 e. The Hall–Kier alpha value is -1.38. The van der Waals surface area contributed by atoms with Gasteiger partial charge in [-0.3, -0.25) is 4.79 Å². The molecule has 2 unspecified atom stereocenters. The van der Waals surface area contributed by atoms with E-state index < -0.39 is 0 Å². The van der Waals surface area contributed by atoms with Crippen LogP contribution in [-0.2, 0) is 16.1 Å². The molecule has 0 saturated carbocycles. The molecular weight excluding hydrogens is 344 g/mol. The number of thioether (sulfide) groups is 1. The number of thiophene rings is 1. The third kappa shape index (κ3) is 3.99. The minimum atomic E-state index is -0.225. The lowest BCUT2D eigenvalue weighted by Gasteiger charge is -2.14. The molecule has 1 fully saturated rings. The van der Waals surface area contributed by atoms with Crippen molar-refractivity contribution in [1.82, 2.24) is 20.1 Å². The number of nitrogens with one attached hydrogen (secondary N) is 1. The molecule has 0 aliphatic carbocycles. The first-order chi connectivity index (χ1) is 11.7. The average Bonchev–Trinajstić information content (AvgIpc) is 3.32. The molecule has 3 rings (SSSR count). The zero-order valence-corrected chi connectivity index (χ0v) is 15.5. The Morgan fingerprint density at radius 1 is 1.58 bits per heavy atom. The highest BCUT2D eigenvalue weighted by Crippen LogP contribution is 2.29. The molecular formula is C16H22N4O2S2. The van der Waals surface area contributed by atoms with E-state index in [1.807, 2.05) is 24.4 Å². The Kier molecular flexibility index (Phi) is 5.91. The van der Waals surface area contributed by atoms with Gasteiger partial charge in [0, 0.05) is 19.7 Å². The lowest BCUT2D eigenvalue weighted by molar-refractivity contribution is -0.120. The molecule has 1 N–H and O–H groups in total. The van der Waals surface area contributed by atoms with Crippen LogP contribution in [0.4, 0.5) is 0 Å². The fourth-order valence-corrected chi connectivity index (χ4v) is 4.28. The molecule has 2 atom stereocenters. The molecule has 1 aliphatic rings. The van der Waals surface area contributed by atoms with Crippen molar-refractivity contribution in [2.45, 2.75) is 49.7 Å². The van der Waals surface area contributed by atoms with Crippen LogP contribution < -0.4 is 5.32 Å². The van der Waals surface area contributed by atoms with Crippen LogP contribution >= 0.6 is 23.1 Å². The molecule has 1 saturated heterocycles. The van der Waals surface area contributed by atoms with Gasteiger partial charge in [-0.2, -0.15) is 0 Å². The molecule has 0 radical (unpaired) electrons. The second-order valence-corrected chi connectivity index (χ2v) is 7.92. The molecule has 0 spiro atoms. The number of nitrogens with zero attached hydrogens (tertiary/aromatic N) is 3. The lowest BCUT2D eigenvalue weighted by atomic mass is 10.2. The lowest BCUT2D eigenvalue weighted by Crippen LogP contribution is -2.36. The number of hydrogen-bond donors (Lipinski definition) is 1. The van der Waals surface area contributed by atoms with Crippen LogP contribution in [-0.4, -0.2) is 45.2 Å². The monoisotopic (exact) mass is 366 g/mol. The van der Waals surface area contributed by atoms with Crippen LogP contribution in [0.25, 0.3) is 10.7 Å². The van der Waals surface area contributed by atoms with Crippen LogP contribution in [0.5, 0.6) is 0 Å². The summed E-state index contributed by atoms with van der Waals surface area (Å²) in [4.78, 5) is 13.4. The van der Waals surface area contributed by atoms with Gasteiger partial charge < -0.3 is 14.6 Å². The quantitative estimate of drug-likeness (QED) is 0.763. The Morgan fingerprint density at radius 2 is 2.46 bits per heavy atom. The number of carbonyl (C=O) groups is 1. The van der Waals surface area contributed by atoms with Gasteiger partial charge in [0.15, 0.2) is 11.0 Å². The predicted octanol–water partition coefficient (Wildman–Crippen LogP) is 2.80. The summed E-state index contributed by atoms with van der Waals surface area (Å²) in [7, 11) is 0. The van der Waals surface area contributed by atoms with Gasteiger partial charge in [-0.25, -0.2) is 0 Å². The zero-order valence-electron chi connectivity index (χ0n) is 13.9. The SMILES string of the molecule is CCn1c(SC(C)C(=O)NCC2CCCO2)nnc1-c1cccs1. The van der Waals surface area contributed by atoms with Crippen LogP contribution in [0, 0.1) is 0 Å². The number of carbonyl (C=O) groups excluding carboxylic acids is 1. The molecule has 0 bridgehead atoms. The van der Waals surface area contributed by atoms with Crippen molar-refractivity contribution in [2.75, 3.05) is 13.2 Å². The first-order valence-corrected chi connectivity index (χ1v) is 9.98. The third-order valence-corrected chi connectivity index (χ3v) is 5.90. The highest BCUT2D eigenvalue weighted by atomic mass is 32.2. The van der Waals surface area contributed by atoms with Crippen molar-refractivity contribution in [3.63, 3.8) is 0 Å². The van der Waals surface area contributed by atoms with E-state index in [0.29, 0.717) is 6.54 Å². The van der Waals surface area contributed by atoms with Crippen molar-refractivity contribution < 1.29 is 9.53 Å². The highest BCUT2D eigenvalue weighted by Gasteiger charge is 2.22. The van der Waals surface area contributed by atoms with E-state index in [9.17, 15) is 4.79 Å². The Balaban J connectivity index is 1.61. The topological polar surface area (TPSA) is 69.0 Å². The molecule has 1 aliphatic heterocycles. The number of hydrogen-bond acceptors (Lipinski definition) is 6. The van der Waals surface area contributed by atoms with Gasteiger partial charge in [0.25, 0.3) is 0 Å². The second kappa shape index (κ2) is 8.13. The standard InChI is InChI=1S/C16H22N4O2S2/c1-3-20-14(13-7-5-9-23-13)18-19-16(20)24-11(2)15(21)17-10-12-6-4-8-22-12/h5,7,9,11-12H,3-4,6,8,10H2,1-2H3,(H,17,21). The number of amides is 1. The van der Waals surface area contributed by atoms with E-state index in [-0.39, 0.29) is 17.3 Å². The van der Waals surface area contributed by atoms with Gasteiger partial charge in [0.1, 0.15) is 0 Å². The molecule has 6 nitrogen and oxygen atoms in total. The van der Waals surface area contributed by atoms with Gasteiger partial charge in [-0.15, -0.1) is 21.5 Å². The van der Waals surface area contributed by atoms with E-state index in [2.05, 4.69) is 27.0 Å². The van der Waals surface area contributed by atoms with Crippen LogP contribution in [0.3, 0.4) is 0 Å². The summed E-state index contributed by atoms with van der Waals surface area (Å²) in [5, 5.41) is 14.1. The van der Waals surface area contributed by atoms with Crippen molar-refractivity contribution in [1.29, 1.82) is 0 Å². The van der Waals surface area contributed by atoms with Crippen molar-refractivity contribution in [3.05, 3.63) is 17.5 Å². The fourth-order valence-electron chi connectivity index (χ4n) is 2.62. The Bertz CT molecular complexity index is 666. The summed E-state index contributed by atoms with van der Waals surface area (Å²) in [6.45, 7) is 6.12. The highest BCUT2D eigenvalue weighted by molar-refractivity contribution is 8.00. The summed E-state index contributed by atoms with van der Waals surface area (Å²) in [6.07, 6.45) is 2.27. The van der Waals surface area contributed by atoms with E-state index in [4.69, 9.17) is 4.74 Å². The van der Waals surface area contributed by atoms with E-state index in [1.165, 1.54) is 11.8 Å². The van der Waals surface area contributed by atoms with Gasteiger partial charge in [-0.05, 0) is 38.1 Å². The number of rotatable bonds is 7. The first kappa shape index (κ1) is 17.4. The van der Waals surface area contributed by atoms with Crippen molar-refractivity contribution in [2.24, 2.45) is 0 Å². The predicted molar refractivity (Wildman–Crippen MR) is 96.3 cm³/mol. The van der Waals surface area contributed by atoms with Crippen LogP contribution in [0.1, 0.15) is 26.7 Å². The molecule has 24 heavy (non-hydrogen) atoms. The van der Waals surface area contributed by atoms with Crippen molar-refractivity contribution >= 4 is 29.0 Å². The third-order valence-electron chi connectivity index (χ3n) is 3.95. The average molecular weight is 367 g/mol. The van der Waals surface area contributed by atoms with Crippen LogP contribution in [0.15, 0.2) is 22.7 Å². The number of ether oxygens (including phenoxy) is 1. The molecule has 2 aromatic heterocycles. The van der Waals surface area contributed by atoms with E-state index in [1.54, 1.807) is 11.3 Å². The molecule has 0 aromatic carbocycles. The molecule has 8 heteroatoms. The minimum Gasteiger partial charge on any atom is -0.376 e. The van der Waals surface area contributed by atoms with Gasteiger partial charge >= 0.3 is 0 Å². The first-order valence-electron chi connectivity index (χ1n) is 8.22. The Morgan fingerprint density at radius 3 is 3.12 bits per heavy atom. The Labute approximate surface area is 150 Å². The summed E-state index contributed by atoms with van der Waals surface area (Å²) in [5.74, 6) is 0.876. The smallest absolute Gasteiger partial charge is 0.233 e.